The second kappa shape index (κ2) is 6.97. The first-order chi connectivity index (χ1) is 13.0. The molecule has 0 bridgehead atoms. The lowest BCUT2D eigenvalue weighted by Gasteiger charge is -2.23. The van der Waals surface area contributed by atoms with E-state index in [0.29, 0.717) is 17.4 Å². The monoisotopic (exact) mass is 470 g/mol. The molecule has 3 aromatic rings. The van der Waals surface area contributed by atoms with E-state index in [0.717, 1.165) is 29.5 Å². The first kappa shape index (κ1) is 18.0. The maximum atomic E-state index is 13.0. The molecular weight excluding hydrogens is 451 g/mol. The lowest BCUT2D eigenvalue weighted by molar-refractivity contribution is -0.112. The smallest absolute Gasteiger partial charge is 0.273 e. The number of rotatable bonds is 3. The third-order valence-electron chi connectivity index (χ3n) is 4.70. The quantitative estimate of drug-likeness (QED) is 0.420. The van der Waals surface area contributed by atoms with Gasteiger partial charge in [0.25, 0.3) is 0 Å². The van der Waals surface area contributed by atoms with E-state index in [9.17, 15) is 4.79 Å². The molecule has 0 aliphatic heterocycles. The Bertz CT molecular complexity index is 1120. The predicted octanol–water partition coefficient (Wildman–Crippen LogP) is 4.45. The SMILES string of the molecule is CC#CC(=O)N(c1ccc2cn(C)nc2n1)c1cc(C)c(I)cc1C1CC1. The summed E-state index contributed by atoms with van der Waals surface area (Å²) in [5.74, 6) is 6.19. The molecule has 1 fully saturated rings. The molecular formula is C21H19IN4O. The Labute approximate surface area is 171 Å². The number of benzene rings is 1. The van der Waals surface area contributed by atoms with Gasteiger partial charge in [-0.2, -0.15) is 5.10 Å². The summed E-state index contributed by atoms with van der Waals surface area (Å²) in [6.07, 6.45) is 4.22. The van der Waals surface area contributed by atoms with E-state index in [4.69, 9.17) is 0 Å². The lowest BCUT2D eigenvalue weighted by Crippen LogP contribution is -2.26. The molecule has 1 saturated carbocycles. The fourth-order valence-electron chi connectivity index (χ4n) is 3.23. The van der Waals surface area contributed by atoms with Crippen LogP contribution in [0.4, 0.5) is 11.5 Å². The number of amides is 1. The highest BCUT2D eigenvalue weighted by atomic mass is 127. The second-order valence-electron chi connectivity index (χ2n) is 6.84. The molecule has 4 rings (SSSR count). The van der Waals surface area contributed by atoms with Crippen LogP contribution in [0.15, 0.2) is 30.5 Å². The molecule has 0 spiro atoms. The molecule has 0 unspecified atom stereocenters. The van der Waals surface area contributed by atoms with Gasteiger partial charge in [-0.3, -0.25) is 14.4 Å². The number of anilines is 2. The van der Waals surface area contributed by atoms with Crippen molar-refractivity contribution < 1.29 is 4.79 Å². The number of hydrogen-bond donors (Lipinski definition) is 0. The molecule has 1 aromatic carbocycles. The third-order valence-corrected chi connectivity index (χ3v) is 5.86. The maximum Gasteiger partial charge on any atom is 0.308 e. The zero-order chi connectivity index (χ0) is 19.1. The average Bonchev–Trinajstić information content (AvgIpc) is 3.39. The van der Waals surface area contributed by atoms with Crippen molar-refractivity contribution in [3.05, 3.63) is 45.2 Å². The number of aryl methyl sites for hydroxylation is 2. The van der Waals surface area contributed by atoms with Gasteiger partial charge in [-0.05, 0) is 96.5 Å². The van der Waals surface area contributed by atoms with Gasteiger partial charge in [0.05, 0.1) is 5.69 Å². The summed E-state index contributed by atoms with van der Waals surface area (Å²) >= 11 is 2.35. The Kier molecular flexibility index (Phi) is 4.64. The van der Waals surface area contributed by atoms with Gasteiger partial charge in [0.15, 0.2) is 5.65 Å². The highest BCUT2D eigenvalue weighted by Gasteiger charge is 2.31. The number of carbonyl (C=O) groups excluding carboxylic acids is 1. The van der Waals surface area contributed by atoms with Gasteiger partial charge < -0.3 is 0 Å². The van der Waals surface area contributed by atoms with Crippen molar-refractivity contribution in [2.75, 3.05) is 4.90 Å². The van der Waals surface area contributed by atoms with Crippen LogP contribution < -0.4 is 4.90 Å². The van der Waals surface area contributed by atoms with E-state index in [1.807, 2.05) is 25.4 Å². The molecule has 6 heteroatoms. The number of carbonyl (C=O) groups is 1. The van der Waals surface area contributed by atoms with Gasteiger partial charge in [-0.1, -0.05) is 5.92 Å². The first-order valence-corrected chi connectivity index (χ1v) is 9.93. The van der Waals surface area contributed by atoms with E-state index in [1.165, 1.54) is 9.13 Å². The Morgan fingerprint density at radius 2 is 2.11 bits per heavy atom. The summed E-state index contributed by atoms with van der Waals surface area (Å²) in [6.45, 7) is 3.73. The van der Waals surface area contributed by atoms with Crippen LogP contribution in [0, 0.1) is 22.3 Å². The molecule has 5 nitrogen and oxygen atoms in total. The maximum absolute atomic E-state index is 13.0. The van der Waals surface area contributed by atoms with Crippen molar-refractivity contribution in [1.29, 1.82) is 0 Å². The van der Waals surface area contributed by atoms with Crippen LogP contribution >= 0.6 is 22.6 Å². The van der Waals surface area contributed by atoms with Gasteiger partial charge >= 0.3 is 5.91 Å². The Balaban J connectivity index is 1.92. The van der Waals surface area contributed by atoms with Crippen LogP contribution in [0.25, 0.3) is 11.0 Å². The Morgan fingerprint density at radius 3 is 2.81 bits per heavy atom. The number of fused-ring (bicyclic) bond motifs is 1. The van der Waals surface area contributed by atoms with Crippen LogP contribution in [0.3, 0.4) is 0 Å². The number of nitrogens with zero attached hydrogens (tertiary/aromatic N) is 4. The fraction of sp³-hybridized carbons (Fsp3) is 0.286. The summed E-state index contributed by atoms with van der Waals surface area (Å²) in [4.78, 5) is 19.3. The second-order valence-corrected chi connectivity index (χ2v) is 8.00. The first-order valence-electron chi connectivity index (χ1n) is 8.85. The molecule has 0 atom stereocenters. The molecule has 1 aliphatic rings. The molecule has 2 heterocycles. The van der Waals surface area contributed by atoms with Gasteiger partial charge in [-0.25, -0.2) is 4.98 Å². The molecule has 0 radical (unpaired) electrons. The predicted molar refractivity (Wildman–Crippen MR) is 115 cm³/mol. The minimum atomic E-state index is -0.275. The van der Waals surface area contributed by atoms with E-state index in [-0.39, 0.29) is 5.91 Å². The normalized spacial score (nSPS) is 13.3. The molecule has 27 heavy (non-hydrogen) atoms. The molecule has 2 aromatic heterocycles. The van der Waals surface area contributed by atoms with Crippen molar-refractivity contribution in [1.82, 2.24) is 14.8 Å². The molecule has 0 saturated heterocycles. The Morgan fingerprint density at radius 1 is 1.33 bits per heavy atom. The van der Waals surface area contributed by atoms with Crippen LogP contribution in [0.2, 0.25) is 0 Å². The van der Waals surface area contributed by atoms with E-state index in [1.54, 1.807) is 16.5 Å². The zero-order valence-electron chi connectivity index (χ0n) is 15.5. The van der Waals surface area contributed by atoms with Crippen molar-refractivity contribution in [3.8, 4) is 11.8 Å². The Hall–Kier alpha value is -2.40. The van der Waals surface area contributed by atoms with Gasteiger partial charge in [0.2, 0.25) is 0 Å². The van der Waals surface area contributed by atoms with Crippen LogP contribution in [0.1, 0.15) is 36.8 Å². The topological polar surface area (TPSA) is 51.0 Å². The van der Waals surface area contributed by atoms with Gasteiger partial charge in [0, 0.05) is 22.2 Å². The molecule has 1 amide bonds. The van der Waals surface area contributed by atoms with Crippen molar-refractivity contribution >= 4 is 51.0 Å². The highest BCUT2D eigenvalue weighted by Crippen LogP contribution is 2.46. The summed E-state index contributed by atoms with van der Waals surface area (Å²) < 4.78 is 2.93. The fourth-order valence-corrected chi connectivity index (χ4v) is 3.72. The average molecular weight is 470 g/mol. The number of hydrogen-bond acceptors (Lipinski definition) is 3. The van der Waals surface area contributed by atoms with E-state index >= 15 is 0 Å². The summed E-state index contributed by atoms with van der Waals surface area (Å²) in [5.41, 5.74) is 3.83. The van der Waals surface area contributed by atoms with Crippen LogP contribution in [-0.2, 0) is 11.8 Å². The van der Waals surface area contributed by atoms with Crippen molar-refractivity contribution in [3.63, 3.8) is 0 Å². The lowest BCUT2D eigenvalue weighted by atomic mass is 10.0. The minimum absolute atomic E-state index is 0.275. The number of pyridine rings is 1. The van der Waals surface area contributed by atoms with Crippen LogP contribution in [0.5, 0.6) is 0 Å². The summed E-state index contributed by atoms with van der Waals surface area (Å²) in [7, 11) is 1.86. The third kappa shape index (κ3) is 3.44. The van der Waals surface area contributed by atoms with Gasteiger partial charge in [-0.15, -0.1) is 0 Å². The molecule has 136 valence electrons. The van der Waals surface area contributed by atoms with Crippen molar-refractivity contribution in [2.45, 2.75) is 32.6 Å². The number of halogens is 1. The summed E-state index contributed by atoms with van der Waals surface area (Å²) in [5, 5.41) is 5.33. The molecule has 1 aliphatic carbocycles. The highest BCUT2D eigenvalue weighted by molar-refractivity contribution is 14.1. The molecule has 0 N–H and O–H groups in total. The van der Waals surface area contributed by atoms with E-state index in [2.05, 4.69) is 63.6 Å². The summed E-state index contributed by atoms with van der Waals surface area (Å²) in [6, 6.07) is 8.08. The van der Waals surface area contributed by atoms with Crippen LogP contribution in [-0.4, -0.2) is 20.7 Å². The largest absolute Gasteiger partial charge is 0.308 e. The standard InChI is InChI=1S/C21H19IN4O/c1-4-5-20(27)26(19-9-8-15-12-25(3)24-21(15)23-19)18-10-13(2)17(22)11-16(18)14-6-7-14/h8-12,14H,6-7H2,1-3H3. The number of aromatic nitrogens is 3. The van der Waals surface area contributed by atoms with Crippen molar-refractivity contribution in [2.24, 2.45) is 7.05 Å². The zero-order valence-corrected chi connectivity index (χ0v) is 17.6. The van der Waals surface area contributed by atoms with Gasteiger partial charge in [0.1, 0.15) is 5.82 Å². The van der Waals surface area contributed by atoms with E-state index < -0.39 is 0 Å². The minimum Gasteiger partial charge on any atom is -0.273 e.